The summed E-state index contributed by atoms with van der Waals surface area (Å²) in [5.74, 6) is 0.583. The molecule has 1 aliphatic heterocycles. The van der Waals surface area contributed by atoms with Gasteiger partial charge in [-0.05, 0) is 44.9 Å². The Labute approximate surface area is 159 Å². The standard InChI is InChI=1S/C21H26N2O4/c1-4-10-26-18-12-16(13-19-17(18)7-11-27-19)21(25)23-8-5-15(6-9-23)20(24)22-14(2)3/h4,7,11-15H,1,5-6,8-10H2,2-3H3,(H,22,24). The first-order chi connectivity index (χ1) is 13.0. The van der Waals surface area contributed by atoms with E-state index in [1.165, 1.54) is 0 Å². The molecule has 144 valence electrons. The van der Waals surface area contributed by atoms with E-state index in [1.807, 2.05) is 19.9 Å². The van der Waals surface area contributed by atoms with Crippen LogP contribution < -0.4 is 10.1 Å². The van der Waals surface area contributed by atoms with Crippen LogP contribution in [0.25, 0.3) is 11.0 Å². The number of piperidine rings is 1. The van der Waals surface area contributed by atoms with E-state index < -0.39 is 0 Å². The van der Waals surface area contributed by atoms with Gasteiger partial charge < -0.3 is 19.4 Å². The van der Waals surface area contributed by atoms with Crippen molar-refractivity contribution < 1.29 is 18.7 Å². The average molecular weight is 370 g/mol. The van der Waals surface area contributed by atoms with Crippen LogP contribution >= 0.6 is 0 Å². The first-order valence-electron chi connectivity index (χ1n) is 9.34. The topological polar surface area (TPSA) is 71.8 Å². The molecular formula is C21H26N2O4. The molecule has 0 radical (unpaired) electrons. The van der Waals surface area contributed by atoms with Crippen molar-refractivity contribution in [3.05, 3.63) is 42.7 Å². The minimum atomic E-state index is -0.0699. The quantitative estimate of drug-likeness (QED) is 0.792. The van der Waals surface area contributed by atoms with Crippen molar-refractivity contribution in [3.8, 4) is 5.75 Å². The number of carbonyl (C=O) groups excluding carboxylic acids is 2. The minimum Gasteiger partial charge on any atom is -0.489 e. The van der Waals surface area contributed by atoms with E-state index in [9.17, 15) is 9.59 Å². The molecule has 2 heterocycles. The third-order valence-corrected chi connectivity index (χ3v) is 4.72. The van der Waals surface area contributed by atoms with Crippen molar-refractivity contribution in [2.24, 2.45) is 5.92 Å². The molecule has 1 aromatic carbocycles. The van der Waals surface area contributed by atoms with Gasteiger partial charge in [0.05, 0.1) is 11.6 Å². The van der Waals surface area contributed by atoms with Gasteiger partial charge in [-0.1, -0.05) is 12.7 Å². The highest BCUT2D eigenvalue weighted by Crippen LogP contribution is 2.30. The van der Waals surface area contributed by atoms with Crippen LogP contribution in [-0.4, -0.2) is 42.5 Å². The minimum absolute atomic E-state index is 0.0320. The summed E-state index contributed by atoms with van der Waals surface area (Å²) in [6.07, 6.45) is 4.59. The van der Waals surface area contributed by atoms with Crippen LogP contribution in [0.15, 0.2) is 41.5 Å². The molecule has 0 bridgehead atoms. The normalized spacial score (nSPS) is 15.1. The molecule has 0 saturated carbocycles. The fraction of sp³-hybridized carbons (Fsp3) is 0.429. The van der Waals surface area contributed by atoms with Gasteiger partial charge in [-0.3, -0.25) is 9.59 Å². The molecule has 0 spiro atoms. The van der Waals surface area contributed by atoms with Crippen LogP contribution in [0.4, 0.5) is 0 Å². The predicted molar refractivity (Wildman–Crippen MR) is 104 cm³/mol. The van der Waals surface area contributed by atoms with Gasteiger partial charge in [0.2, 0.25) is 5.91 Å². The van der Waals surface area contributed by atoms with Gasteiger partial charge in [0.15, 0.2) is 0 Å². The number of nitrogens with zero attached hydrogens (tertiary/aromatic N) is 1. The highest BCUT2D eigenvalue weighted by atomic mass is 16.5. The van der Waals surface area contributed by atoms with E-state index in [2.05, 4.69) is 11.9 Å². The van der Waals surface area contributed by atoms with Crippen molar-refractivity contribution in [2.45, 2.75) is 32.7 Å². The number of ether oxygens (including phenoxy) is 1. The molecule has 0 unspecified atom stereocenters. The number of furan rings is 1. The molecule has 27 heavy (non-hydrogen) atoms. The lowest BCUT2D eigenvalue weighted by Gasteiger charge is -2.31. The molecule has 1 fully saturated rings. The molecule has 2 amide bonds. The Morgan fingerprint density at radius 3 is 2.78 bits per heavy atom. The van der Waals surface area contributed by atoms with Gasteiger partial charge in [0, 0.05) is 30.6 Å². The zero-order valence-electron chi connectivity index (χ0n) is 15.9. The van der Waals surface area contributed by atoms with E-state index in [4.69, 9.17) is 9.15 Å². The molecular weight excluding hydrogens is 344 g/mol. The molecule has 3 rings (SSSR count). The van der Waals surface area contributed by atoms with Crippen LogP contribution in [0.3, 0.4) is 0 Å². The number of carbonyl (C=O) groups is 2. The van der Waals surface area contributed by atoms with Crippen LogP contribution in [0.1, 0.15) is 37.0 Å². The number of nitrogens with one attached hydrogen (secondary N) is 1. The monoisotopic (exact) mass is 370 g/mol. The Kier molecular flexibility index (Phi) is 5.84. The van der Waals surface area contributed by atoms with E-state index in [1.54, 1.807) is 29.4 Å². The predicted octanol–water partition coefficient (Wildman–Crippen LogP) is 3.37. The second-order valence-electron chi connectivity index (χ2n) is 7.14. The van der Waals surface area contributed by atoms with Gasteiger partial charge >= 0.3 is 0 Å². The molecule has 2 aromatic rings. The van der Waals surface area contributed by atoms with Gasteiger partial charge in [-0.25, -0.2) is 0 Å². The number of likely N-dealkylation sites (tertiary alicyclic amines) is 1. The number of amides is 2. The summed E-state index contributed by atoms with van der Waals surface area (Å²) in [7, 11) is 0. The lowest BCUT2D eigenvalue weighted by molar-refractivity contribution is -0.126. The summed E-state index contributed by atoms with van der Waals surface area (Å²) in [6, 6.07) is 5.45. The van der Waals surface area contributed by atoms with Crippen molar-refractivity contribution >= 4 is 22.8 Å². The Hall–Kier alpha value is -2.76. The molecule has 1 saturated heterocycles. The van der Waals surface area contributed by atoms with Gasteiger partial charge in [-0.15, -0.1) is 0 Å². The number of rotatable bonds is 6. The summed E-state index contributed by atoms with van der Waals surface area (Å²) in [6.45, 7) is 9.04. The van der Waals surface area contributed by atoms with Gasteiger partial charge in [-0.2, -0.15) is 0 Å². The first kappa shape index (κ1) is 19.0. The highest BCUT2D eigenvalue weighted by molar-refractivity contribution is 5.99. The maximum Gasteiger partial charge on any atom is 0.254 e. The van der Waals surface area contributed by atoms with Gasteiger partial charge in [0.25, 0.3) is 5.91 Å². The third kappa shape index (κ3) is 4.32. The van der Waals surface area contributed by atoms with E-state index >= 15 is 0 Å². The van der Waals surface area contributed by atoms with Crippen molar-refractivity contribution in [2.75, 3.05) is 19.7 Å². The van der Waals surface area contributed by atoms with Crippen LogP contribution in [0.2, 0.25) is 0 Å². The molecule has 0 atom stereocenters. The van der Waals surface area contributed by atoms with E-state index in [0.29, 0.717) is 49.4 Å². The molecule has 0 aliphatic carbocycles. The Bertz CT molecular complexity index is 832. The fourth-order valence-electron chi connectivity index (χ4n) is 3.36. The molecule has 6 nitrogen and oxygen atoms in total. The van der Waals surface area contributed by atoms with Crippen molar-refractivity contribution in [3.63, 3.8) is 0 Å². The SMILES string of the molecule is C=CCOc1cc(C(=O)N2CCC(C(=O)NC(C)C)CC2)cc2occc12. The lowest BCUT2D eigenvalue weighted by atomic mass is 9.95. The maximum absolute atomic E-state index is 13.0. The summed E-state index contributed by atoms with van der Waals surface area (Å²) < 4.78 is 11.2. The van der Waals surface area contributed by atoms with Crippen molar-refractivity contribution in [1.82, 2.24) is 10.2 Å². The van der Waals surface area contributed by atoms with Crippen LogP contribution in [0.5, 0.6) is 5.75 Å². The highest BCUT2D eigenvalue weighted by Gasteiger charge is 2.28. The molecule has 1 N–H and O–H groups in total. The van der Waals surface area contributed by atoms with Gasteiger partial charge in [0.1, 0.15) is 17.9 Å². The molecule has 1 aliphatic rings. The number of hydrogen-bond donors (Lipinski definition) is 1. The fourth-order valence-corrected chi connectivity index (χ4v) is 3.36. The zero-order chi connectivity index (χ0) is 19.4. The first-order valence-corrected chi connectivity index (χ1v) is 9.34. The Morgan fingerprint density at radius 2 is 2.11 bits per heavy atom. The van der Waals surface area contributed by atoms with E-state index in [0.717, 1.165) is 5.39 Å². The zero-order valence-corrected chi connectivity index (χ0v) is 15.9. The third-order valence-electron chi connectivity index (χ3n) is 4.72. The number of fused-ring (bicyclic) bond motifs is 1. The Morgan fingerprint density at radius 1 is 1.37 bits per heavy atom. The summed E-state index contributed by atoms with van der Waals surface area (Å²) >= 11 is 0. The summed E-state index contributed by atoms with van der Waals surface area (Å²) in [4.78, 5) is 26.9. The second kappa shape index (κ2) is 8.29. The smallest absolute Gasteiger partial charge is 0.254 e. The Balaban J connectivity index is 1.71. The summed E-state index contributed by atoms with van der Waals surface area (Å²) in [5, 5.41) is 3.78. The summed E-state index contributed by atoms with van der Waals surface area (Å²) in [5.41, 5.74) is 1.15. The maximum atomic E-state index is 13.0. The van der Waals surface area contributed by atoms with E-state index in [-0.39, 0.29) is 23.8 Å². The second-order valence-corrected chi connectivity index (χ2v) is 7.14. The number of hydrogen-bond acceptors (Lipinski definition) is 4. The average Bonchev–Trinajstić information content (AvgIpc) is 3.13. The van der Waals surface area contributed by atoms with Crippen molar-refractivity contribution in [1.29, 1.82) is 0 Å². The van der Waals surface area contributed by atoms with Crippen LogP contribution in [0, 0.1) is 5.92 Å². The molecule has 6 heteroatoms. The lowest BCUT2D eigenvalue weighted by Crippen LogP contribution is -2.44. The largest absolute Gasteiger partial charge is 0.489 e. The number of benzene rings is 1. The molecule has 1 aromatic heterocycles. The van der Waals surface area contributed by atoms with Crippen LogP contribution in [-0.2, 0) is 4.79 Å².